The summed E-state index contributed by atoms with van der Waals surface area (Å²) in [5, 5.41) is 0. The van der Waals surface area contributed by atoms with Gasteiger partial charge in [-0.05, 0) is 0 Å². The van der Waals surface area contributed by atoms with Crippen molar-refractivity contribution in [1.82, 2.24) is 0 Å². The van der Waals surface area contributed by atoms with Crippen LogP contribution in [0.1, 0.15) is 67.2 Å². The Kier molecular flexibility index (Phi) is 20.6. The lowest BCUT2D eigenvalue weighted by atomic mass is 10.1. The molecule has 84 valence electrons. The summed E-state index contributed by atoms with van der Waals surface area (Å²) in [7, 11) is 0. The minimum Gasteiger partial charge on any atom is -0.207 e. The molecule has 0 aromatic carbocycles. The van der Waals surface area contributed by atoms with Gasteiger partial charge in [0.15, 0.2) is 0 Å². The molecule has 0 amide bonds. The summed E-state index contributed by atoms with van der Waals surface area (Å²) in [6.45, 7) is 11.6. The second-order valence-electron chi connectivity index (χ2n) is 2.36. The van der Waals surface area contributed by atoms with E-state index in [0.29, 0.717) is 12.8 Å². The van der Waals surface area contributed by atoms with Gasteiger partial charge >= 0.3 is 0 Å². The quantitative estimate of drug-likeness (QED) is 0.574. The van der Waals surface area contributed by atoms with Crippen LogP contribution in [-0.2, 0) is 0 Å². The Labute approximate surface area is 82.7 Å². The molecule has 0 fully saturated rings. The van der Waals surface area contributed by atoms with Crippen LogP contribution < -0.4 is 0 Å². The lowest BCUT2D eigenvalue weighted by Crippen LogP contribution is -2.14. The first kappa shape index (κ1) is 18.6. The standard InChI is InChI=1S/C7H14F2.2C2H6/c1-3-5-7(8,9)6-4-2;2*1-2/h3-6H2,1-2H3;2*1-2H3. The van der Waals surface area contributed by atoms with Crippen molar-refractivity contribution < 1.29 is 8.78 Å². The fraction of sp³-hybridized carbons (Fsp3) is 1.00. The second kappa shape index (κ2) is 14.4. The van der Waals surface area contributed by atoms with E-state index in [1.54, 1.807) is 13.8 Å². The Hall–Kier alpha value is -0.140. The summed E-state index contributed by atoms with van der Waals surface area (Å²) in [5.74, 6) is -2.40. The Morgan fingerprint density at radius 1 is 0.769 bits per heavy atom. The normalized spacial score (nSPS) is 9.23. The number of hydrogen-bond donors (Lipinski definition) is 0. The van der Waals surface area contributed by atoms with Gasteiger partial charge in [-0.3, -0.25) is 0 Å². The van der Waals surface area contributed by atoms with Crippen LogP contribution >= 0.6 is 0 Å². The van der Waals surface area contributed by atoms with E-state index in [2.05, 4.69) is 0 Å². The average molecular weight is 196 g/mol. The molecule has 0 N–H and O–H groups in total. The van der Waals surface area contributed by atoms with Crippen LogP contribution in [0, 0.1) is 0 Å². The topological polar surface area (TPSA) is 0 Å². The van der Waals surface area contributed by atoms with Crippen molar-refractivity contribution in [3.8, 4) is 0 Å². The summed E-state index contributed by atoms with van der Waals surface area (Å²) >= 11 is 0. The van der Waals surface area contributed by atoms with E-state index >= 15 is 0 Å². The third kappa shape index (κ3) is 18.7. The molecule has 0 atom stereocenters. The van der Waals surface area contributed by atoms with Crippen LogP contribution in [0.4, 0.5) is 8.78 Å². The molecule has 0 nitrogen and oxygen atoms in total. The monoisotopic (exact) mass is 196 g/mol. The minimum atomic E-state index is -2.40. The summed E-state index contributed by atoms with van der Waals surface area (Å²) in [6.07, 6.45) is 1.24. The molecule has 0 aliphatic rings. The summed E-state index contributed by atoms with van der Waals surface area (Å²) in [5.41, 5.74) is 0. The average Bonchev–Trinajstić information content (AvgIpc) is 2.11. The molecule has 0 aliphatic carbocycles. The van der Waals surface area contributed by atoms with Gasteiger partial charge in [0.25, 0.3) is 0 Å². The van der Waals surface area contributed by atoms with E-state index < -0.39 is 5.92 Å². The Morgan fingerprint density at radius 2 is 1.00 bits per heavy atom. The maximum atomic E-state index is 12.4. The number of hydrogen-bond acceptors (Lipinski definition) is 0. The Balaban J connectivity index is -0.000000218. The zero-order valence-corrected chi connectivity index (χ0v) is 10.1. The highest BCUT2D eigenvalue weighted by Gasteiger charge is 2.25. The zero-order chi connectivity index (χ0) is 11.3. The van der Waals surface area contributed by atoms with Gasteiger partial charge in [-0.25, -0.2) is 8.78 Å². The van der Waals surface area contributed by atoms with E-state index in [4.69, 9.17) is 0 Å². The van der Waals surface area contributed by atoms with E-state index in [9.17, 15) is 8.78 Å². The maximum absolute atomic E-state index is 12.4. The molecule has 0 aromatic rings. The lowest BCUT2D eigenvalue weighted by molar-refractivity contribution is -0.0173. The van der Waals surface area contributed by atoms with Crippen LogP contribution in [0.3, 0.4) is 0 Å². The molecule has 0 radical (unpaired) electrons. The smallest absolute Gasteiger partial charge is 0.207 e. The fourth-order valence-electron chi connectivity index (χ4n) is 0.857. The highest BCUT2D eigenvalue weighted by atomic mass is 19.3. The van der Waals surface area contributed by atoms with Gasteiger partial charge in [0.05, 0.1) is 0 Å². The van der Waals surface area contributed by atoms with E-state index in [1.165, 1.54) is 0 Å². The molecule has 13 heavy (non-hydrogen) atoms. The molecular formula is C11H26F2. The summed E-state index contributed by atoms with van der Waals surface area (Å²) in [6, 6.07) is 0. The third-order valence-electron chi connectivity index (χ3n) is 1.23. The fourth-order valence-corrected chi connectivity index (χ4v) is 0.857. The highest BCUT2D eigenvalue weighted by molar-refractivity contribution is 4.63. The van der Waals surface area contributed by atoms with Gasteiger partial charge in [0.2, 0.25) is 5.92 Å². The molecule has 0 spiro atoms. The van der Waals surface area contributed by atoms with Gasteiger partial charge < -0.3 is 0 Å². The Bertz CT molecular complexity index is 62.5. The minimum absolute atomic E-state index is 0.0425. The number of halogens is 2. The SMILES string of the molecule is CC.CC.CCCC(F)(F)CCC. The summed E-state index contributed by atoms with van der Waals surface area (Å²) in [4.78, 5) is 0. The van der Waals surface area contributed by atoms with Gasteiger partial charge in [0, 0.05) is 12.8 Å². The Morgan fingerprint density at radius 3 is 1.15 bits per heavy atom. The van der Waals surface area contributed by atoms with Gasteiger partial charge in [-0.15, -0.1) is 0 Å². The molecule has 0 saturated heterocycles. The van der Waals surface area contributed by atoms with Gasteiger partial charge in [0.1, 0.15) is 0 Å². The maximum Gasteiger partial charge on any atom is 0.248 e. The first-order valence-electron chi connectivity index (χ1n) is 5.50. The van der Waals surface area contributed by atoms with E-state index in [-0.39, 0.29) is 12.8 Å². The first-order chi connectivity index (χ1) is 6.12. The third-order valence-corrected chi connectivity index (χ3v) is 1.23. The van der Waals surface area contributed by atoms with Crippen LogP contribution in [0.25, 0.3) is 0 Å². The highest BCUT2D eigenvalue weighted by Crippen LogP contribution is 2.25. The zero-order valence-electron chi connectivity index (χ0n) is 10.1. The van der Waals surface area contributed by atoms with Crippen LogP contribution in [0.5, 0.6) is 0 Å². The molecular weight excluding hydrogens is 170 g/mol. The first-order valence-corrected chi connectivity index (χ1v) is 5.50. The largest absolute Gasteiger partial charge is 0.248 e. The molecule has 0 saturated carbocycles. The molecule has 0 aromatic heterocycles. The van der Waals surface area contributed by atoms with Gasteiger partial charge in [-0.2, -0.15) is 0 Å². The predicted octanol–water partition coefficient (Wildman–Crippen LogP) is 5.27. The van der Waals surface area contributed by atoms with Crippen LogP contribution in [0.2, 0.25) is 0 Å². The van der Waals surface area contributed by atoms with E-state index in [0.717, 1.165) is 0 Å². The van der Waals surface area contributed by atoms with Crippen LogP contribution in [-0.4, -0.2) is 5.92 Å². The van der Waals surface area contributed by atoms with Crippen LogP contribution in [0.15, 0.2) is 0 Å². The van der Waals surface area contributed by atoms with Crippen molar-refractivity contribution in [3.05, 3.63) is 0 Å². The summed E-state index contributed by atoms with van der Waals surface area (Å²) < 4.78 is 24.8. The molecule has 0 bridgehead atoms. The van der Waals surface area contributed by atoms with Crippen molar-refractivity contribution in [2.75, 3.05) is 0 Å². The number of alkyl halides is 2. The molecule has 0 rings (SSSR count). The van der Waals surface area contributed by atoms with E-state index in [1.807, 2.05) is 27.7 Å². The second-order valence-corrected chi connectivity index (χ2v) is 2.36. The van der Waals surface area contributed by atoms with Crippen molar-refractivity contribution in [1.29, 1.82) is 0 Å². The predicted molar refractivity (Wildman–Crippen MR) is 57.5 cm³/mol. The lowest BCUT2D eigenvalue weighted by Gasteiger charge is -2.12. The van der Waals surface area contributed by atoms with Crippen molar-refractivity contribution in [3.63, 3.8) is 0 Å². The molecule has 0 unspecified atom stereocenters. The van der Waals surface area contributed by atoms with Crippen molar-refractivity contribution in [2.45, 2.75) is 73.1 Å². The molecule has 0 aliphatic heterocycles. The van der Waals surface area contributed by atoms with Crippen molar-refractivity contribution in [2.24, 2.45) is 0 Å². The molecule has 0 heterocycles. The molecule has 2 heteroatoms. The number of rotatable bonds is 4. The van der Waals surface area contributed by atoms with Gasteiger partial charge in [-0.1, -0.05) is 54.4 Å². The van der Waals surface area contributed by atoms with Crippen molar-refractivity contribution >= 4 is 0 Å².